The summed E-state index contributed by atoms with van der Waals surface area (Å²) in [4.78, 5) is 26.1. The van der Waals surface area contributed by atoms with Crippen LogP contribution in [0.3, 0.4) is 0 Å². The molecule has 0 fully saturated rings. The summed E-state index contributed by atoms with van der Waals surface area (Å²) >= 11 is 1.58. The number of aliphatic hydroxyl groups excluding tert-OH is 1. The largest absolute Gasteiger partial charge is 0.394 e. The molecule has 5 heteroatoms. The number of hydrogen-bond acceptors (Lipinski definition) is 4. The molecule has 0 bridgehead atoms. The fourth-order valence-electron chi connectivity index (χ4n) is 2.43. The first kappa shape index (κ1) is 17.4. The number of benzene rings is 1. The Balaban J connectivity index is 2.31. The van der Waals surface area contributed by atoms with E-state index < -0.39 is 0 Å². The van der Waals surface area contributed by atoms with E-state index in [2.05, 4.69) is 0 Å². The van der Waals surface area contributed by atoms with Crippen molar-refractivity contribution in [1.82, 2.24) is 4.90 Å². The van der Waals surface area contributed by atoms with E-state index in [1.165, 1.54) is 6.92 Å². The predicted molar refractivity (Wildman–Crippen MR) is 91.8 cm³/mol. The molecule has 0 saturated carbocycles. The smallest absolute Gasteiger partial charge is 0.254 e. The number of ketones is 1. The molecule has 1 aromatic heterocycles. The maximum Gasteiger partial charge on any atom is 0.254 e. The Morgan fingerprint density at radius 2 is 2.00 bits per heavy atom. The normalized spacial score (nSPS) is 12.0. The molecule has 0 saturated heterocycles. The maximum absolute atomic E-state index is 12.9. The molecule has 1 atom stereocenters. The van der Waals surface area contributed by atoms with E-state index >= 15 is 0 Å². The van der Waals surface area contributed by atoms with Crippen molar-refractivity contribution < 1.29 is 14.7 Å². The van der Waals surface area contributed by atoms with Gasteiger partial charge in [-0.1, -0.05) is 19.1 Å². The summed E-state index contributed by atoms with van der Waals surface area (Å²) in [5.74, 6) is -0.238. The molecule has 1 amide bonds. The van der Waals surface area contributed by atoms with Gasteiger partial charge < -0.3 is 10.0 Å². The molecule has 1 aromatic carbocycles. The van der Waals surface area contributed by atoms with Crippen LogP contribution in [0.15, 0.2) is 41.1 Å². The molecule has 0 radical (unpaired) electrons. The topological polar surface area (TPSA) is 57.6 Å². The lowest BCUT2D eigenvalue weighted by Crippen LogP contribution is -2.41. The summed E-state index contributed by atoms with van der Waals surface area (Å²) in [5.41, 5.74) is 2.03. The van der Waals surface area contributed by atoms with Gasteiger partial charge in [0.2, 0.25) is 0 Å². The van der Waals surface area contributed by atoms with E-state index in [0.29, 0.717) is 24.1 Å². The minimum Gasteiger partial charge on any atom is -0.394 e. The number of Topliss-reactive ketones (excluding diaryl/α,β-unsaturated/α-hetero) is 1. The molecular weight excluding hydrogens is 310 g/mol. The third-order valence-corrected chi connectivity index (χ3v) is 4.56. The van der Waals surface area contributed by atoms with Gasteiger partial charge >= 0.3 is 0 Å². The standard InChI is InChI=1S/C18H21NO3S/c1-3-17(11-20)19(10-14-7-8-23-12-14)18(22)16-6-4-5-15(9-16)13(2)21/h4-9,12,17,20H,3,10-11H2,1-2H3. The van der Waals surface area contributed by atoms with Crippen molar-refractivity contribution >= 4 is 23.0 Å². The lowest BCUT2D eigenvalue weighted by Gasteiger charge is -2.30. The van der Waals surface area contributed by atoms with Crippen molar-refractivity contribution in [3.05, 3.63) is 57.8 Å². The van der Waals surface area contributed by atoms with Crippen LogP contribution in [0.5, 0.6) is 0 Å². The molecule has 1 N–H and O–H groups in total. The maximum atomic E-state index is 12.9. The number of nitrogens with zero attached hydrogens (tertiary/aromatic N) is 1. The van der Waals surface area contributed by atoms with Crippen LogP contribution in [0.4, 0.5) is 0 Å². The second-order valence-electron chi connectivity index (χ2n) is 5.45. The molecule has 2 aromatic rings. The number of rotatable bonds is 7. The van der Waals surface area contributed by atoms with E-state index in [1.54, 1.807) is 40.5 Å². The first-order valence-electron chi connectivity index (χ1n) is 7.60. The van der Waals surface area contributed by atoms with Gasteiger partial charge in [0.25, 0.3) is 5.91 Å². The third-order valence-electron chi connectivity index (χ3n) is 3.83. The van der Waals surface area contributed by atoms with Gasteiger partial charge in [-0.05, 0) is 47.9 Å². The Bertz CT molecular complexity index is 663. The number of thiophene rings is 1. The number of carbonyl (C=O) groups excluding carboxylic acids is 2. The second kappa shape index (κ2) is 8.04. The summed E-state index contributed by atoms with van der Waals surface area (Å²) in [7, 11) is 0. The van der Waals surface area contributed by atoms with Crippen molar-refractivity contribution in [3.63, 3.8) is 0 Å². The zero-order valence-corrected chi connectivity index (χ0v) is 14.2. The molecule has 1 heterocycles. The molecule has 0 aliphatic rings. The number of amides is 1. The highest BCUT2D eigenvalue weighted by Crippen LogP contribution is 2.18. The fraction of sp³-hybridized carbons (Fsp3) is 0.333. The van der Waals surface area contributed by atoms with Crippen LogP contribution >= 0.6 is 11.3 Å². The minimum absolute atomic E-state index is 0.0711. The van der Waals surface area contributed by atoms with Gasteiger partial charge in [-0.3, -0.25) is 9.59 Å². The highest BCUT2D eigenvalue weighted by molar-refractivity contribution is 7.07. The molecule has 23 heavy (non-hydrogen) atoms. The highest BCUT2D eigenvalue weighted by Gasteiger charge is 2.24. The van der Waals surface area contributed by atoms with E-state index in [4.69, 9.17) is 0 Å². The van der Waals surface area contributed by atoms with Gasteiger partial charge in [-0.15, -0.1) is 0 Å². The summed E-state index contributed by atoms with van der Waals surface area (Å²) in [5, 5.41) is 13.6. The second-order valence-corrected chi connectivity index (χ2v) is 6.23. The molecule has 2 rings (SSSR count). The summed E-state index contributed by atoms with van der Waals surface area (Å²) < 4.78 is 0. The van der Waals surface area contributed by atoms with Crippen molar-refractivity contribution in [3.8, 4) is 0 Å². The lowest BCUT2D eigenvalue weighted by atomic mass is 10.1. The van der Waals surface area contributed by atoms with Crippen LogP contribution in [0, 0.1) is 0 Å². The van der Waals surface area contributed by atoms with Gasteiger partial charge in [-0.25, -0.2) is 0 Å². The SMILES string of the molecule is CCC(CO)N(Cc1ccsc1)C(=O)c1cccc(C(C)=O)c1. The molecule has 1 unspecified atom stereocenters. The van der Waals surface area contributed by atoms with Crippen LogP contribution in [-0.4, -0.2) is 34.3 Å². The van der Waals surface area contributed by atoms with Gasteiger partial charge in [0, 0.05) is 17.7 Å². The molecule has 0 aliphatic carbocycles. The van der Waals surface area contributed by atoms with Crippen LogP contribution in [-0.2, 0) is 6.54 Å². The highest BCUT2D eigenvalue weighted by atomic mass is 32.1. The summed E-state index contributed by atoms with van der Waals surface area (Å²) in [6.45, 7) is 3.79. The van der Waals surface area contributed by atoms with Crippen molar-refractivity contribution in [2.45, 2.75) is 32.9 Å². The van der Waals surface area contributed by atoms with Gasteiger partial charge in [-0.2, -0.15) is 11.3 Å². The molecule has 0 aliphatic heterocycles. The van der Waals surface area contributed by atoms with Crippen LogP contribution in [0.1, 0.15) is 46.5 Å². The summed E-state index contributed by atoms with van der Waals surface area (Å²) in [6.07, 6.45) is 0.665. The first-order chi connectivity index (χ1) is 11.1. The zero-order chi connectivity index (χ0) is 16.8. The van der Waals surface area contributed by atoms with E-state index in [9.17, 15) is 14.7 Å². The number of hydrogen-bond donors (Lipinski definition) is 1. The summed E-state index contributed by atoms with van der Waals surface area (Å²) in [6, 6.07) is 8.47. The molecule has 0 spiro atoms. The minimum atomic E-state index is -0.247. The van der Waals surface area contributed by atoms with Crippen molar-refractivity contribution in [2.75, 3.05) is 6.61 Å². The molecule has 122 valence electrons. The van der Waals surface area contributed by atoms with Crippen molar-refractivity contribution in [2.24, 2.45) is 0 Å². The molecule has 4 nitrogen and oxygen atoms in total. The Morgan fingerprint density at radius 3 is 2.57 bits per heavy atom. The van der Waals surface area contributed by atoms with Gasteiger partial charge in [0.1, 0.15) is 0 Å². The number of carbonyl (C=O) groups is 2. The van der Waals surface area contributed by atoms with Crippen molar-refractivity contribution in [1.29, 1.82) is 0 Å². The van der Waals surface area contributed by atoms with Crippen LogP contribution in [0.25, 0.3) is 0 Å². The zero-order valence-electron chi connectivity index (χ0n) is 13.4. The first-order valence-corrected chi connectivity index (χ1v) is 8.55. The fourth-order valence-corrected chi connectivity index (χ4v) is 3.09. The Kier molecular flexibility index (Phi) is 6.07. The average molecular weight is 331 g/mol. The van der Waals surface area contributed by atoms with Crippen LogP contribution < -0.4 is 0 Å². The van der Waals surface area contributed by atoms with E-state index in [1.807, 2.05) is 23.8 Å². The average Bonchev–Trinajstić information content (AvgIpc) is 3.07. The van der Waals surface area contributed by atoms with E-state index in [0.717, 1.165) is 5.56 Å². The predicted octanol–water partition coefficient (Wildman–Crippen LogP) is 3.36. The van der Waals surface area contributed by atoms with Gasteiger partial charge in [0.15, 0.2) is 5.78 Å². The lowest BCUT2D eigenvalue weighted by molar-refractivity contribution is 0.0564. The monoisotopic (exact) mass is 331 g/mol. The van der Waals surface area contributed by atoms with E-state index in [-0.39, 0.29) is 24.3 Å². The Labute approximate surface area is 140 Å². The quantitative estimate of drug-likeness (QED) is 0.792. The Hall–Kier alpha value is -1.98. The van der Waals surface area contributed by atoms with Gasteiger partial charge in [0.05, 0.1) is 12.6 Å². The number of aliphatic hydroxyl groups is 1. The Morgan fingerprint density at radius 1 is 1.26 bits per heavy atom. The molecular formula is C18H21NO3S. The third kappa shape index (κ3) is 4.27. The van der Waals surface area contributed by atoms with Crippen LogP contribution in [0.2, 0.25) is 0 Å².